The van der Waals surface area contributed by atoms with Gasteiger partial charge in [-0.05, 0) is 234 Å². The van der Waals surface area contributed by atoms with E-state index < -0.39 is 0 Å². The van der Waals surface area contributed by atoms with Gasteiger partial charge in [0.05, 0.1) is 5.00 Å². The first-order valence-corrected chi connectivity index (χ1v) is 28.1. The van der Waals surface area contributed by atoms with Crippen LogP contribution in [0.25, 0.3) is 10.1 Å². The van der Waals surface area contributed by atoms with Crippen LogP contribution in [0.2, 0.25) is 0 Å². The molecular weight excluding hydrogens is 864 g/mol. The van der Waals surface area contributed by atoms with Crippen molar-refractivity contribution in [2.24, 2.45) is 0 Å². The van der Waals surface area contributed by atoms with E-state index in [1.54, 1.807) is 16.7 Å². The van der Waals surface area contributed by atoms with E-state index in [2.05, 4.69) is 212 Å². The van der Waals surface area contributed by atoms with E-state index in [1.165, 1.54) is 150 Å². The first-order valence-electron chi connectivity index (χ1n) is 27.3. The largest absolute Gasteiger partial charge is 0.311 e. The Morgan fingerprint density at radius 3 is 1.33 bits per heavy atom. The van der Waals surface area contributed by atoms with Gasteiger partial charge in [-0.2, -0.15) is 0 Å². The van der Waals surface area contributed by atoms with Crippen LogP contribution in [-0.4, -0.2) is 6.71 Å². The molecule has 4 aliphatic carbocycles. The van der Waals surface area contributed by atoms with Gasteiger partial charge in [0.15, 0.2) is 0 Å². The Bertz CT molecular complexity index is 3270. The summed E-state index contributed by atoms with van der Waals surface area (Å²) >= 11 is 2.06. The molecule has 0 radical (unpaired) electrons. The van der Waals surface area contributed by atoms with E-state index in [1.807, 2.05) is 0 Å². The summed E-state index contributed by atoms with van der Waals surface area (Å²) in [6.07, 6.45) is 9.62. The minimum Gasteiger partial charge on any atom is -0.311 e. The first kappa shape index (κ1) is 46.8. The average Bonchev–Trinajstić information content (AvgIpc) is 3.64. The number of fused-ring (bicyclic) bond motifs is 10. The number of nitrogens with zero attached hydrogens (tertiary/aromatic N) is 2. The predicted molar refractivity (Wildman–Crippen MR) is 306 cm³/mol. The highest BCUT2D eigenvalue weighted by Crippen LogP contribution is 2.57. The number of benzene rings is 5. The van der Waals surface area contributed by atoms with Gasteiger partial charge in [-0.1, -0.05) is 129 Å². The molecule has 0 atom stereocenters. The SMILES string of the molecule is Cc1cc2c3c(c1)N(c1ccc4c(c1)C(C)(C)CCC4(C)C)c1sc4cc5c(cc4c1B3c1cc3c(cc1N2c1cc2c(cc1C)C(C)(C)CCC2(C)C)C(C)(C)CCC3(C)C)C(C)(C)CCC5(C)C. The first-order chi connectivity index (χ1) is 32.4. The maximum atomic E-state index is 2.78. The molecule has 6 aliphatic rings. The Labute approximate surface area is 427 Å². The lowest BCUT2D eigenvalue weighted by Crippen LogP contribution is -2.61. The predicted octanol–water partition coefficient (Wildman–Crippen LogP) is 17.0. The van der Waals surface area contributed by atoms with E-state index in [-0.39, 0.29) is 50.0 Å². The van der Waals surface area contributed by atoms with Crippen LogP contribution in [0.5, 0.6) is 0 Å². The van der Waals surface area contributed by atoms with Crippen LogP contribution >= 0.6 is 11.3 Å². The van der Waals surface area contributed by atoms with Crippen LogP contribution in [0.1, 0.15) is 218 Å². The molecule has 0 spiro atoms. The van der Waals surface area contributed by atoms with Crippen molar-refractivity contribution in [3.8, 4) is 0 Å². The third-order valence-electron chi connectivity index (χ3n) is 20.3. The Morgan fingerprint density at radius 2 is 0.800 bits per heavy atom. The average molecular weight is 945 g/mol. The van der Waals surface area contributed by atoms with E-state index in [0.29, 0.717) is 0 Å². The van der Waals surface area contributed by atoms with E-state index >= 15 is 0 Å². The molecule has 0 N–H and O–H groups in total. The van der Waals surface area contributed by atoms with Crippen LogP contribution in [0, 0.1) is 13.8 Å². The number of aryl methyl sites for hydroxylation is 2. The molecule has 3 heterocycles. The van der Waals surface area contributed by atoms with Crippen LogP contribution in [0.15, 0.2) is 66.7 Å². The van der Waals surface area contributed by atoms with E-state index in [0.717, 1.165) is 0 Å². The molecule has 4 heteroatoms. The third kappa shape index (κ3) is 6.48. The smallest absolute Gasteiger partial charge is 0.254 e. The molecule has 12 rings (SSSR count). The van der Waals surface area contributed by atoms with Gasteiger partial charge in [0.1, 0.15) is 0 Å². The fraction of sp³-hybridized carbons (Fsp3) is 0.515. The maximum Gasteiger partial charge on any atom is 0.254 e. The van der Waals surface area contributed by atoms with Crippen molar-refractivity contribution in [1.82, 2.24) is 0 Å². The van der Waals surface area contributed by atoms with Crippen molar-refractivity contribution in [3.05, 3.63) is 122 Å². The van der Waals surface area contributed by atoms with Gasteiger partial charge in [-0.3, -0.25) is 0 Å². The number of anilines is 6. The molecule has 2 aliphatic heterocycles. The van der Waals surface area contributed by atoms with Gasteiger partial charge < -0.3 is 9.80 Å². The minimum absolute atomic E-state index is 0.0658. The fourth-order valence-corrected chi connectivity index (χ4v) is 16.3. The summed E-state index contributed by atoms with van der Waals surface area (Å²) < 4.78 is 1.43. The van der Waals surface area contributed by atoms with Crippen LogP contribution in [0.3, 0.4) is 0 Å². The Hall–Kier alpha value is -4.28. The molecule has 0 amide bonds. The molecule has 0 saturated heterocycles. The lowest BCUT2D eigenvalue weighted by molar-refractivity contribution is 0.331. The highest BCUT2D eigenvalue weighted by atomic mass is 32.1. The standard InChI is InChI=1S/C66H81BN2S/c1-38-29-53-57-54(30-38)69(51-35-47-43(31-39(51)2)60(5,6)23-26-64(47,13)14)52-36-48-46(63(11,12)25-27-65(48,15)16)34-50(52)67(57)56-41-33-45-49(66(17,18)28-24-62(45,9)10)37-55(41)70-58(56)68(53)40-19-20-42-44(32-40)61(7,8)22-21-59(42,3)4/h19-20,29-37H,21-28H2,1-18H3. The summed E-state index contributed by atoms with van der Waals surface area (Å²) in [5.41, 5.74) is 26.9. The van der Waals surface area contributed by atoms with Gasteiger partial charge in [-0.25, -0.2) is 0 Å². The Morgan fingerprint density at radius 1 is 0.386 bits per heavy atom. The number of hydrogen-bond acceptors (Lipinski definition) is 3. The van der Waals surface area contributed by atoms with Gasteiger partial charge in [-0.15, -0.1) is 11.3 Å². The Kier molecular flexibility index (Phi) is 9.53. The molecule has 5 aromatic carbocycles. The third-order valence-corrected chi connectivity index (χ3v) is 21.4. The zero-order chi connectivity index (χ0) is 50.0. The molecule has 6 aromatic rings. The molecule has 2 nitrogen and oxygen atoms in total. The van der Waals surface area contributed by atoms with Crippen LogP contribution < -0.4 is 26.2 Å². The number of thiophene rings is 1. The van der Waals surface area contributed by atoms with Crippen molar-refractivity contribution >= 4 is 78.0 Å². The molecular formula is C66H81BN2S. The highest BCUT2D eigenvalue weighted by molar-refractivity contribution is 7.26. The quantitative estimate of drug-likeness (QED) is 0.159. The normalized spacial score (nSPS) is 22.8. The van der Waals surface area contributed by atoms with Gasteiger partial charge in [0.25, 0.3) is 6.71 Å². The topological polar surface area (TPSA) is 6.48 Å². The van der Waals surface area contributed by atoms with Crippen LogP contribution in [-0.2, 0) is 43.3 Å². The van der Waals surface area contributed by atoms with Crippen molar-refractivity contribution < 1.29 is 0 Å². The lowest BCUT2D eigenvalue weighted by Gasteiger charge is -2.48. The summed E-state index contributed by atoms with van der Waals surface area (Å²) in [6.45, 7) is 44.8. The summed E-state index contributed by atoms with van der Waals surface area (Å²) in [4.78, 5) is 5.54. The zero-order valence-corrected chi connectivity index (χ0v) is 47.2. The summed E-state index contributed by atoms with van der Waals surface area (Å²) in [5.74, 6) is 0. The minimum atomic E-state index is 0.0658. The summed E-state index contributed by atoms with van der Waals surface area (Å²) in [7, 11) is 0. The maximum absolute atomic E-state index is 2.78. The second-order valence-electron chi connectivity index (χ2n) is 29.0. The van der Waals surface area contributed by atoms with Gasteiger partial charge in [0, 0.05) is 33.1 Å². The lowest BCUT2D eigenvalue weighted by atomic mass is 9.33. The second kappa shape index (κ2) is 14.3. The monoisotopic (exact) mass is 945 g/mol. The summed E-state index contributed by atoms with van der Waals surface area (Å²) in [5, 5.41) is 2.86. The zero-order valence-electron chi connectivity index (χ0n) is 46.4. The van der Waals surface area contributed by atoms with Crippen LogP contribution in [0.4, 0.5) is 33.4 Å². The highest BCUT2D eigenvalue weighted by Gasteiger charge is 2.50. The molecule has 0 fully saturated rings. The molecule has 364 valence electrons. The molecule has 1 aromatic heterocycles. The number of hydrogen-bond donors (Lipinski definition) is 0. The van der Waals surface area contributed by atoms with Crippen molar-refractivity contribution in [2.45, 2.75) is 219 Å². The molecule has 0 bridgehead atoms. The van der Waals surface area contributed by atoms with E-state index in [4.69, 9.17) is 0 Å². The number of rotatable bonds is 2. The van der Waals surface area contributed by atoms with Crippen molar-refractivity contribution in [3.63, 3.8) is 0 Å². The fourth-order valence-electron chi connectivity index (χ4n) is 15.0. The summed E-state index contributed by atoms with van der Waals surface area (Å²) in [6, 6.07) is 28.9. The van der Waals surface area contributed by atoms with Gasteiger partial charge in [0.2, 0.25) is 0 Å². The van der Waals surface area contributed by atoms with Crippen molar-refractivity contribution in [1.29, 1.82) is 0 Å². The van der Waals surface area contributed by atoms with Crippen molar-refractivity contribution in [2.75, 3.05) is 9.80 Å². The molecule has 0 unspecified atom stereocenters. The Balaban J connectivity index is 1.23. The molecule has 0 saturated carbocycles. The van der Waals surface area contributed by atoms with Gasteiger partial charge >= 0.3 is 0 Å². The van der Waals surface area contributed by atoms with E-state index in [9.17, 15) is 0 Å². The molecule has 70 heavy (non-hydrogen) atoms. The second-order valence-corrected chi connectivity index (χ2v) is 30.0.